The lowest BCUT2D eigenvalue weighted by Gasteiger charge is -2.28. The molecule has 0 saturated heterocycles. The highest BCUT2D eigenvalue weighted by molar-refractivity contribution is 9.10. The molecule has 0 radical (unpaired) electrons. The fraction of sp³-hybridized carbons (Fsp3) is 0.571. The van der Waals surface area contributed by atoms with Gasteiger partial charge in [0, 0.05) is 23.5 Å². The number of rotatable bonds is 3. The van der Waals surface area contributed by atoms with Crippen molar-refractivity contribution in [3.8, 4) is 17.2 Å². The topological polar surface area (TPSA) is 47.9 Å². The first-order chi connectivity index (χ1) is 9.01. The molecule has 0 saturated carbocycles. The van der Waals surface area contributed by atoms with Gasteiger partial charge in [-0.1, -0.05) is 13.8 Å². The summed E-state index contributed by atoms with van der Waals surface area (Å²) >= 11 is 3.49. The van der Waals surface area contributed by atoms with E-state index < -0.39 is 5.41 Å². The summed E-state index contributed by atoms with van der Waals surface area (Å²) in [6.07, 6.45) is 0.841. The predicted molar refractivity (Wildman–Crippen MR) is 76.4 cm³/mol. The second-order valence-corrected chi connectivity index (χ2v) is 6.04. The molecule has 0 bridgehead atoms. The van der Waals surface area contributed by atoms with E-state index in [1.165, 1.54) is 0 Å². The summed E-state index contributed by atoms with van der Waals surface area (Å²) < 4.78 is 17.8. The van der Waals surface area contributed by atoms with Gasteiger partial charge in [0.2, 0.25) is 0 Å². The molecule has 0 aliphatic carbocycles. The van der Waals surface area contributed by atoms with Crippen molar-refractivity contribution in [1.29, 1.82) is 0 Å². The Morgan fingerprint density at radius 3 is 2.68 bits per heavy atom. The fourth-order valence-corrected chi connectivity index (χ4v) is 2.72. The van der Waals surface area contributed by atoms with Gasteiger partial charge in [0.15, 0.2) is 11.5 Å². The normalized spacial score (nSPS) is 15.0. The van der Waals surface area contributed by atoms with Crippen molar-refractivity contribution in [2.24, 2.45) is 0 Å². The summed E-state index contributed by atoms with van der Waals surface area (Å²) in [6.45, 7) is 5.13. The quantitative estimate of drug-likeness (QED) is 0.925. The molecule has 0 atom stereocenters. The molecule has 1 N–H and O–H groups in total. The minimum atomic E-state index is -0.479. The summed E-state index contributed by atoms with van der Waals surface area (Å²) in [5.74, 6) is 2.06. The lowest BCUT2D eigenvalue weighted by molar-refractivity contribution is 0.208. The lowest BCUT2D eigenvalue weighted by atomic mass is 9.84. The number of fused-ring (bicyclic) bond motifs is 1. The van der Waals surface area contributed by atoms with Crippen molar-refractivity contribution < 1.29 is 19.3 Å². The molecule has 19 heavy (non-hydrogen) atoms. The number of benzene rings is 1. The van der Waals surface area contributed by atoms with Crippen LogP contribution in [0.4, 0.5) is 0 Å². The van der Waals surface area contributed by atoms with Crippen molar-refractivity contribution in [1.82, 2.24) is 0 Å². The Kier molecular flexibility index (Phi) is 4.26. The highest BCUT2D eigenvalue weighted by Gasteiger charge is 2.32. The number of hydrogen-bond donors (Lipinski definition) is 1. The molecule has 1 aromatic rings. The summed E-state index contributed by atoms with van der Waals surface area (Å²) in [4.78, 5) is 0. The Hall–Kier alpha value is -0.940. The zero-order valence-electron chi connectivity index (χ0n) is 11.5. The Bertz CT molecular complexity index is 471. The van der Waals surface area contributed by atoms with E-state index in [1.807, 2.05) is 19.9 Å². The Morgan fingerprint density at radius 1 is 1.37 bits per heavy atom. The van der Waals surface area contributed by atoms with Gasteiger partial charge in [0.05, 0.1) is 31.4 Å². The van der Waals surface area contributed by atoms with Crippen LogP contribution in [0, 0.1) is 0 Å². The van der Waals surface area contributed by atoms with Gasteiger partial charge in [0.25, 0.3) is 0 Å². The molecule has 5 heteroatoms. The van der Waals surface area contributed by atoms with Crippen molar-refractivity contribution in [2.45, 2.75) is 25.7 Å². The SMILES string of the molecule is COc1c(Br)cc2c(c1C(C)(C)CO)OCCCO2. The molecule has 0 unspecified atom stereocenters. The summed E-state index contributed by atoms with van der Waals surface area (Å²) in [5.41, 5.74) is 0.358. The van der Waals surface area contributed by atoms with Gasteiger partial charge in [-0.25, -0.2) is 0 Å². The van der Waals surface area contributed by atoms with Crippen LogP contribution in [0.5, 0.6) is 17.2 Å². The van der Waals surface area contributed by atoms with Crippen LogP contribution >= 0.6 is 15.9 Å². The van der Waals surface area contributed by atoms with Crippen LogP contribution in [0.25, 0.3) is 0 Å². The Morgan fingerprint density at radius 2 is 2.05 bits per heavy atom. The molecule has 0 amide bonds. The molecule has 0 spiro atoms. The predicted octanol–water partition coefficient (Wildman–Crippen LogP) is 2.89. The maximum Gasteiger partial charge on any atom is 0.168 e. The van der Waals surface area contributed by atoms with E-state index in [0.717, 1.165) is 16.5 Å². The average molecular weight is 331 g/mol. The van der Waals surface area contributed by atoms with Crippen molar-refractivity contribution in [3.05, 3.63) is 16.1 Å². The fourth-order valence-electron chi connectivity index (χ4n) is 2.15. The number of hydrogen-bond acceptors (Lipinski definition) is 4. The first-order valence-corrected chi connectivity index (χ1v) is 7.08. The highest BCUT2D eigenvalue weighted by atomic mass is 79.9. The van der Waals surface area contributed by atoms with Gasteiger partial charge in [0.1, 0.15) is 5.75 Å². The van der Waals surface area contributed by atoms with Crippen LogP contribution < -0.4 is 14.2 Å². The maximum atomic E-state index is 9.66. The Labute approximate surface area is 121 Å². The second kappa shape index (κ2) is 5.59. The molecular formula is C14H19BrO4. The van der Waals surface area contributed by atoms with Gasteiger partial charge >= 0.3 is 0 Å². The number of aliphatic hydroxyl groups excluding tert-OH is 1. The van der Waals surface area contributed by atoms with E-state index in [0.29, 0.717) is 30.5 Å². The zero-order valence-corrected chi connectivity index (χ0v) is 13.0. The molecule has 1 aliphatic rings. The monoisotopic (exact) mass is 330 g/mol. The summed E-state index contributed by atoms with van der Waals surface area (Å²) in [6, 6.07) is 1.86. The van der Waals surface area contributed by atoms with Crippen LogP contribution in [0.3, 0.4) is 0 Å². The second-order valence-electron chi connectivity index (χ2n) is 5.19. The standard InChI is InChI=1S/C14H19BrO4/c1-14(2,8-16)11-12(17-3)9(15)7-10-13(11)19-6-4-5-18-10/h7,16H,4-6,8H2,1-3H3. The highest BCUT2D eigenvalue weighted by Crippen LogP contribution is 2.49. The van der Waals surface area contributed by atoms with Gasteiger partial charge in [-0.15, -0.1) is 0 Å². The molecule has 0 fully saturated rings. The molecule has 1 aliphatic heterocycles. The summed E-state index contributed by atoms with van der Waals surface area (Å²) in [5, 5.41) is 9.66. The molecule has 1 heterocycles. The molecular weight excluding hydrogens is 312 g/mol. The van der Waals surface area contributed by atoms with E-state index in [4.69, 9.17) is 14.2 Å². The van der Waals surface area contributed by atoms with Crippen LogP contribution in [-0.4, -0.2) is 32.0 Å². The Balaban J connectivity index is 2.69. The number of halogens is 1. The smallest absolute Gasteiger partial charge is 0.168 e. The minimum Gasteiger partial charge on any atom is -0.495 e. The molecule has 1 aromatic carbocycles. The first-order valence-electron chi connectivity index (χ1n) is 6.28. The van der Waals surface area contributed by atoms with Crippen LogP contribution in [0.2, 0.25) is 0 Å². The zero-order chi connectivity index (χ0) is 14.0. The maximum absolute atomic E-state index is 9.66. The average Bonchev–Trinajstić information content (AvgIpc) is 2.61. The van der Waals surface area contributed by atoms with E-state index in [-0.39, 0.29) is 6.61 Å². The lowest BCUT2D eigenvalue weighted by Crippen LogP contribution is -2.24. The number of ether oxygens (including phenoxy) is 3. The third kappa shape index (κ3) is 2.67. The van der Waals surface area contributed by atoms with E-state index >= 15 is 0 Å². The van der Waals surface area contributed by atoms with Gasteiger partial charge in [-0.3, -0.25) is 0 Å². The third-order valence-corrected chi connectivity index (χ3v) is 3.81. The van der Waals surface area contributed by atoms with Gasteiger partial charge in [-0.05, 0) is 15.9 Å². The van der Waals surface area contributed by atoms with Crippen LogP contribution in [0.15, 0.2) is 10.5 Å². The molecule has 2 rings (SSSR count). The minimum absolute atomic E-state index is 0.00435. The number of methoxy groups -OCH3 is 1. The third-order valence-electron chi connectivity index (χ3n) is 3.22. The first kappa shape index (κ1) is 14.5. The largest absolute Gasteiger partial charge is 0.495 e. The van der Waals surface area contributed by atoms with Crippen molar-refractivity contribution in [2.75, 3.05) is 26.9 Å². The van der Waals surface area contributed by atoms with Gasteiger partial charge < -0.3 is 19.3 Å². The van der Waals surface area contributed by atoms with Crippen LogP contribution in [-0.2, 0) is 5.41 Å². The number of aliphatic hydroxyl groups is 1. The van der Waals surface area contributed by atoms with E-state index in [9.17, 15) is 5.11 Å². The van der Waals surface area contributed by atoms with Crippen LogP contribution in [0.1, 0.15) is 25.8 Å². The van der Waals surface area contributed by atoms with E-state index in [2.05, 4.69) is 15.9 Å². The van der Waals surface area contributed by atoms with E-state index in [1.54, 1.807) is 7.11 Å². The van der Waals surface area contributed by atoms with Crippen molar-refractivity contribution in [3.63, 3.8) is 0 Å². The molecule has 4 nitrogen and oxygen atoms in total. The van der Waals surface area contributed by atoms with Gasteiger partial charge in [-0.2, -0.15) is 0 Å². The molecule has 0 aromatic heterocycles. The molecule has 106 valence electrons. The summed E-state index contributed by atoms with van der Waals surface area (Å²) in [7, 11) is 1.61. The van der Waals surface area contributed by atoms with Crippen molar-refractivity contribution >= 4 is 15.9 Å².